The summed E-state index contributed by atoms with van der Waals surface area (Å²) in [6.45, 7) is 0. The Morgan fingerprint density at radius 3 is 2.38 bits per heavy atom. The van der Waals surface area contributed by atoms with Crippen LogP contribution in [0.4, 0.5) is 0 Å². The van der Waals surface area contributed by atoms with E-state index in [9.17, 15) is 8.42 Å². The van der Waals surface area contributed by atoms with Crippen molar-refractivity contribution in [3.8, 4) is 17.2 Å². The van der Waals surface area contributed by atoms with Crippen LogP contribution in [0, 0.1) is 0 Å². The molecule has 0 saturated heterocycles. The lowest BCUT2D eigenvalue weighted by Crippen LogP contribution is -2.18. The van der Waals surface area contributed by atoms with Crippen LogP contribution in [-0.2, 0) is 10.0 Å². The van der Waals surface area contributed by atoms with E-state index in [1.165, 1.54) is 38.6 Å². The van der Waals surface area contributed by atoms with Gasteiger partial charge in [-0.3, -0.25) is 0 Å². The second-order valence-electron chi connectivity index (χ2n) is 4.65. The lowest BCUT2D eigenvalue weighted by Gasteiger charge is -2.09. The summed E-state index contributed by atoms with van der Waals surface area (Å²) >= 11 is 0. The van der Waals surface area contributed by atoms with Gasteiger partial charge >= 0.3 is 0 Å². The normalized spacial score (nSPS) is 11.3. The van der Waals surface area contributed by atoms with Crippen molar-refractivity contribution in [2.24, 2.45) is 5.10 Å². The molecule has 0 aliphatic rings. The number of methoxy groups -OCH3 is 3. The number of hydrogen-bond donors (Lipinski definition) is 1. The van der Waals surface area contributed by atoms with E-state index in [2.05, 4.69) is 9.93 Å². The molecule has 7 nitrogen and oxygen atoms in total. The third-order valence-electron chi connectivity index (χ3n) is 3.15. The molecule has 0 unspecified atom stereocenters. The molecule has 0 spiro atoms. The Bertz CT molecular complexity index is 834. The van der Waals surface area contributed by atoms with Crippen LogP contribution in [0.5, 0.6) is 17.2 Å². The Kier molecular flexibility index (Phi) is 5.64. The van der Waals surface area contributed by atoms with Crippen LogP contribution in [-0.4, -0.2) is 36.0 Å². The molecule has 2 aromatic carbocycles. The maximum absolute atomic E-state index is 12.3. The Labute approximate surface area is 140 Å². The van der Waals surface area contributed by atoms with E-state index < -0.39 is 10.0 Å². The van der Waals surface area contributed by atoms with Gasteiger partial charge in [-0.2, -0.15) is 13.5 Å². The third kappa shape index (κ3) is 4.17. The molecule has 0 aliphatic carbocycles. The summed E-state index contributed by atoms with van der Waals surface area (Å²) in [5.74, 6) is 1.41. The predicted molar refractivity (Wildman–Crippen MR) is 90.5 cm³/mol. The zero-order valence-electron chi connectivity index (χ0n) is 13.5. The molecule has 0 saturated carbocycles. The molecular formula is C16H18N2O5S. The first-order chi connectivity index (χ1) is 11.5. The topological polar surface area (TPSA) is 86.2 Å². The van der Waals surface area contributed by atoms with Crippen molar-refractivity contribution in [1.29, 1.82) is 0 Å². The van der Waals surface area contributed by atoms with E-state index in [1.807, 2.05) is 0 Å². The highest BCUT2D eigenvalue weighted by Gasteiger charge is 2.16. The van der Waals surface area contributed by atoms with Crippen LogP contribution in [0.2, 0.25) is 0 Å². The summed E-state index contributed by atoms with van der Waals surface area (Å²) in [5.41, 5.74) is 0.698. The average molecular weight is 350 g/mol. The smallest absolute Gasteiger partial charge is 0.276 e. The molecule has 0 bridgehead atoms. The van der Waals surface area contributed by atoms with Crippen LogP contribution >= 0.6 is 0 Å². The monoisotopic (exact) mass is 350 g/mol. The lowest BCUT2D eigenvalue weighted by molar-refractivity contribution is 0.354. The minimum absolute atomic E-state index is 0.0166. The van der Waals surface area contributed by atoms with Gasteiger partial charge in [-0.15, -0.1) is 0 Å². The third-order valence-corrected chi connectivity index (χ3v) is 4.37. The summed E-state index contributed by atoms with van der Waals surface area (Å²) in [6, 6.07) is 11.4. The molecule has 0 heterocycles. The van der Waals surface area contributed by atoms with E-state index >= 15 is 0 Å². The van der Waals surface area contributed by atoms with E-state index in [4.69, 9.17) is 14.2 Å². The Morgan fingerprint density at radius 2 is 1.71 bits per heavy atom. The molecule has 0 aliphatic heterocycles. The molecule has 0 fully saturated rings. The maximum Gasteiger partial charge on any atom is 0.276 e. The molecule has 2 aromatic rings. The number of hydrogen-bond acceptors (Lipinski definition) is 6. The molecule has 8 heteroatoms. The van der Waals surface area contributed by atoms with Gasteiger partial charge in [0.05, 0.1) is 32.4 Å². The maximum atomic E-state index is 12.3. The van der Waals surface area contributed by atoms with Gasteiger partial charge in [0.2, 0.25) is 0 Å². The molecule has 1 N–H and O–H groups in total. The Balaban J connectivity index is 2.17. The molecule has 0 aromatic heterocycles. The van der Waals surface area contributed by atoms with Crippen molar-refractivity contribution >= 4 is 16.2 Å². The summed E-state index contributed by atoms with van der Waals surface area (Å²) in [5, 5.41) is 3.77. The van der Waals surface area contributed by atoms with Crippen molar-refractivity contribution in [2.45, 2.75) is 4.90 Å². The van der Waals surface area contributed by atoms with Gasteiger partial charge < -0.3 is 14.2 Å². The standard InChI is InChI=1S/C16H18N2O5S/c1-21-13-6-4-5-12(9-13)11-17-18-24(19,20)14-7-8-15(22-2)16(10-14)23-3/h4-11,18H,1-3H3/b17-11+. The fraction of sp³-hybridized carbons (Fsp3) is 0.188. The second-order valence-corrected chi connectivity index (χ2v) is 6.31. The fourth-order valence-electron chi connectivity index (χ4n) is 1.93. The van der Waals surface area contributed by atoms with E-state index in [-0.39, 0.29) is 4.90 Å². The second kappa shape index (κ2) is 7.69. The van der Waals surface area contributed by atoms with Crippen molar-refractivity contribution < 1.29 is 22.6 Å². The first-order valence-electron chi connectivity index (χ1n) is 6.91. The number of rotatable bonds is 7. The van der Waals surface area contributed by atoms with Gasteiger partial charge in [-0.25, -0.2) is 4.83 Å². The number of nitrogens with zero attached hydrogens (tertiary/aromatic N) is 1. The van der Waals surface area contributed by atoms with Gasteiger partial charge in [-0.1, -0.05) is 12.1 Å². The van der Waals surface area contributed by atoms with Crippen molar-refractivity contribution in [3.05, 3.63) is 48.0 Å². The summed E-state index contributed by atoms with van der Waals surface area (Å²) < 4.78 is 39.8. The van der Waals surface area contributed by atoms with Crippen LogP contribution in [0.1, 0.15) is 5.56 Å². The number of benzene rings is 2. The first-order valence-corrected chi connectivity index (χ1v) is 8.39. The van der Waals surface area contributed by atoms with Gasteiger partial charge in [0, 0.05) is 6.07 Å². The highest BCUT2D eigenvalue weighted by Crippen LogP contribution is 2.29. The minimum Gasteiger partial charge on any atom is -0.497 e. The SMILES string of the molecule is COc1cccc(/C=N/NS(=O)(=O)c2ccc(OC)c(OC)c2)c1. The van der Waals surface area contributed by atoms with Gasteiger partial charge in [0.1, 0.15) is 5.75 Å². The number of sulfonamides is 1. The fourth-order valence-corrected chi connectivity index (χ4v) is 2.73. The zero-order valence-corrected chi connectivity index (χ0v) is 14.3. The van der Waals surface area contributed by atoms with Crippen LogP contribution in [0.15, 0.2) is 52.5 Å². The van der Waals surface area contributed by atoms with E-state index in [1.54, 1.807) is 31.4 Å². The summed E-state index contributed by atoms with van der Waals surface area (Å²) in [6.07, 6.45) is 1.39. The van der Waals surface area contributed by atoms with Gasteiger partial charge in [0.25, 0.3) is 10.0 Å². The highest BCUT2D eigenvalue weighted by atomic mass is 32.2. The summed E-state index contributed by atoms with van der Waals surface area (Å²) in [4.78, 5) is 2.17. The number of nitrogens with one attached hydrogen (secondary N) is 1. The molecule has 128 valence electrons. The minimum atomic E-state index is -3.82. The molecule has 24 heavy (non-hydrogen) atoms. The van der Waals surface area contributed by atoms with Crippen molar-refractivity contribution in [2.75, 3.05) is 21.3 Å². The van der Waals surface area contributed by atoms with E-state index in [0.717, 1.165) is 0 Å². The van der Waals surface area contributed by atoms with Gasteiger partial charge in [-0.05, 0) is 29.8 Å². The molecule has 0 amide bonds. The Hall–Kier alpha value is -2.74. The van der Waals surface area contributed by atoms with Crippen LogP contribution in [0.25, 0.3) is 0 Å². The highest BCUT2D eigenvalue weighted by molar-refractivity contribution is 7.89. The molecule has 0 atom stereocenters. The lowest BCUT2D eigenvalue weighted by atomic mass is 10.2. The predicted octanol–water partition coefficient (Wildman–Crippen LogP) is 2.02. The van der Waals surface area contributed by atoms with E-state index in [0.29, 0.717) is 22.8 Å². The zero-order chi connectivity index (χ0) is 17.6. The quantitative estimate of drug-likeness (QED) is 0.610. The molecule has 0 radical (unpaired) electrons. The Morgan fingerprint density at radius 1 is 0.958 bits per heavy atom. The molecule has 2 rings (SSSR count). The summed E-state index contributed by atoms with van der Waals surface area (Å²) in [7, 11) is 0.641. The molecular weight excluding hydrogens is 332 g/mol. The largest absolute Gasteiger partial charge is 0.497 e. The van der Waals surface area contributed by atoms with Crippen LogP contribution in [0.3, 0.4) is 0 Å². The van der Waals surface area contributed by atoms with Crippen LogP contribution < -0.4 is 19.0 Å². The first kappa shape index (κ1) is 17.6. The number of ether oxygens (including phenoxy) is 3. The van der Waals surface area contributed by atoms with Crippen molar-refractivity contribution in [1.82, 2.24) is 4.83 Å². The van der Waals surface area contributed by atoms with Gasteiger partial charge in [0.15, 0.2) is 11.5 Å². The number of hydrazone groups is 1. The average Bonchev–Trinajstić information content (AvgIpc) is 2.61. The van der Waals surface area contributed by atoms with Crippen molar-refractivity contribution in [3.63, 3.8) is 0 Å².